The van der Waals surface area contributed by atoms with Gasteiger partial charge in [-0.15, -0.1) is 0 Å². The third-order valence-corrected chi connectivity index (χ3v) is 8.21. The summed E-state index contributed by atoms with van der Waals surface area (Å²) in [5.41, 5.74) is 0.0478. The molecule has 1 saturated heterocycles. The molecule has 2 atom stereocenters. The Morgan fingerprint density at radius 1 is 1.07 bits per heavy atom. The van der Waals surface area contributed by atoms with Gasteiger partial charge < -0.3 is 24.6 Å². The van der Waals surface area contributed by atoms with Gasteiger partial charge in [-0.1, -0.05) is 57.0 Å². The Bertz CT molecular complexity index is 976. The number of likely N-dealkylation sites (N-methyl/N-ethyl adjacent to an activating group) is 2. The molecule has 9 nitrogen and oxygen atoms in total. The van der Waals surface area contributed by atoms with Crippen LogP contribution in [0, 0.1) is 12.3 Å². The minimum Gasteiger partial charge on any atom is -0.383 e. The molecule has 0 saturated carbocycles. The highest BCUT2D eigenvalue weighted by molar-refractivity contribution is 6.03. The molecule has 1 fully saturated rings. The van der Waals surface area contributed by atoms with Crippen LogP contribution in [0.1, 0.15) is 84.4 Å². The van der Waals surface area contributed by atoms with Gasteiger partial charge in [0.2, 0.25) is 5.91 Å². The fourth-order valence-electron chi connectivity index (χ4n) is 5.29. The summed E-state index contributed by atoms with van der Waals surface area (Å²) in [5, 5.41) is 3.08. The fraction of sp³-hybridized carbons (Fsp3) is 0.710. The number of carbonyl (C=O) groups is 3. The summed E-state index contributed by atoms with van der Waals surface area (Å²) in [5.74, 6) is -0.422. The topological polar surface area (TPSA) is 91.4 Å². The number of carbonyl (C=O) groups excluding carboxylic acids is 3. The summed E-state index contributed by atoms with van der Waals surface area (Å²) in [4.78, 5) is 45.8. The van der Waals surface area contributed by atoms with Crippen molar-refractivity contribution in [3.05, 3.63) is 35.4 Å². The van der Waals surface area contributed by atoms with E-state index in [9.17, 15) is 14.4 Å². The number of hydrogen-bond donors (Lipinski definition) is 1. The van der Waals surface area contributed by atoms with Crippen LogP contribution in [0.2, 0.25) is 0 Å². The van der Waals surface area contributed by atoms with E-state index < -0.39 is 23.3 Å². The zero-order valence-corrected chi connectivity index (χ0v) is 26.2. The lowest BCUT2D eigenvalue weighted by Crippen LogP contribution is -2.74. The first-order valence-electron chi connectivity index (χ1n) is 14.8. The second-order valence-electron chi connectivity index (χ2n) is 11.4. The lowest BCUT2D eigenvalue weighted by atomic mass is 9.71. The van der Waals surface area contributed by atoms with Crippen molar-refractivity contribution in [2.45, 2.75) is 92.0 Å². The molecule has 1 aliphatic heterocycles. The molecule has 1 aliphatic rings. The molecule has 1 N–H and O–H groups in total. The van der Waals surface area contributed by atoms with Crippen molar-refractivity contribution in [2.75, 3.05) is 46.9 Å². The smallest absolute Gasteiger partial charge is 0.326 e. The van der Waals surface area contributed by atoms with Crippen molar-refractivity contribution in [3.8, 4) is 0 Å². The number of aryl methyl sites for hydroxylation is 1. The number of hydrogen-bond acceptors (Lipinski definition) is 6. The SMILES string of the molecule is CCC[C@@H](NC(=O)N1C(=O)C(CC)(CC)C1OC(C)(C)C(=O)N(CC)CCN(C)CCOC)c1ccc(C)cc1. The molecule has 9 heteroatoms. The molecule has 0 spiro atoms. The standard InChI is InChI=1S/C31H52N4O5/c1-10-14-25(24-17-15-23(5)16-18-24)32-29(38)35-27(37)31(11-2,12-3)28(35)40-30(6,7)26(36)34(13-4)20-19-33(8)21-22-39-9/h15-18,25,28H,10-14,19-22H2,1-9H3,(H,32,38)/t25-,28?/m1/s1. The van der Waals surface area contributed by atoms with Gasteiger partial charge in [0.05, 0.1) is 18.1 Å². The Kier molecular flexibility index (Phi) is 12.6. The number of nitrogens with zero attached hydrogens (tertiary/aromatic N) is 3. The zero-order chi connectivity index (χ0) is 30.1. The number of imide groups is 1. The van der Waals surface area contributed by atoms with Crippen LogP contribution in [0.4, 0.5) is 4.79 Å². The van der Waals surface area contributed by atoms with Crippen molar-refractivity contribution in [2.24, 2.45) is 5.41 Å². The number of benzene rings is 1. The number of rotatable bonds is 16. The minimum absolute atomic E-state index is 0.167. The predicted octanol–water partition coefficient (Wildman–Crippen LogP) is 4.74. The van der Waals surface area contributed by atoms with E-state index in [1.165, 1.54) is 4.90 Å². The van der Waals surface area contributed by atoms with E-state index in [1.54, 1.807) is 25.9 Å². The Balaban J connectivity index is 2.24. The summed E-state index contributed by atoms with van der Waals surface area (Å²) >= 11 is 0. The number of nitrogens with one attached hydrogen (secondary N) is 1. The molecule has 40 heavy (non-hydrogen) atoms. The highest BCUT2D eigenvalue weighted by Gasteiger charge is 2.63. The van der Waals surface area contributed by atoms with Crippen molar-refractivity contribution in [3.63, 3.8) is 0 Å². The number of β-lactam (4-membered cyclic amide) rings is 1. The van der Waals surface area contributed by atoms with Crippen LogP contribution in [0.5, 0.6) is 0 Å². The van der Waals surface area contributed by atoms with E-state index in [1.807, 2.05) is 59.0 Å². The largest absolute Gasteiger partial charge is 0.383 e. The quantitative estimate of drug-likeness (QED) is 0.294. The molecule has 2 rings (SSSR count). The molecule has 0 aromatic heterocycles. The van der Waals surface area contributed by atoms with Gasteiger partial charge in [-0.25, -0.2) is 9.69 Å². The van der Waals surface area contributed by atoms with Crippen LogP contribution < -0.4 is 5.32 Å². The number of ether oxygens (including phenoxy) is 2. The molecule has 0 aliphatic carbocycles. The van der Waals surface area contributed by atoms with Crippen LogP contribution in [0.3, 0.4) is 0 Å². The van der Waals surface area contributed by atoms with E-state index in [2.05, 4.69) is 17.1 Å². The molecule has 226 valence electrons. The number of urea groups is 1. The predicted molar refractivity (Wildman–Crippen MR) is 158 cm³/mol. The molecule has 1 unspecified atom stereocenters. The highest BCUT2D eigenvalue weighted by atomic mass is 16.5. The maximum absolute atomic E-state index is 13.7. The lowest BCUT2D eigenvalue weighted by molar-refractivity contribution is -0.238. The van der Waals surface area contributed by atoms with Gasteiger partial charge >= 0.3 is 6.03 Å². The third-order valence-electron chi connectivity index (χ3n) is 8.21. The molecule has 1 aromatic rings. The van der Waals surface area contributed by atoms with Gasteiger partial charge in [0, 0.05) is 33.3 Å². The summed E-state index contributed by atoms with van der Waals surface area (Å²) < 4.78 is 11.6. The van der Waals surface area contributed by atoms with Gasteiger partial charge in [0.25, 0.3) is 5.91 Å². The van der Waals surface area contributed by atoms with Crippen molar-refractivity contribution in [1.82, 2.24) is 20.0 Å². The van der Waals surface area contributed by atoms with E-state index in [0.29, 0.717) is 39.1 Å². The van der Waals surface area contributed by atoms with Gasteiger partial charge in [-0.05, 0) is 59.6 Å². The Labute approximate surface area is 241 Å². The van der Waals surface area contributed by atoms with Crippen LogP contribution in [0.15, 0.2) is 24.3 Å². The summed E-state index contributed by atoms with van der Waals surface area (Å²) in [7, 11) is 3.66. The number of amides is 4. The number of methoxy groups -OCH3 is 1. The summed E-state index contributed by atoms with van der Waals surface area (Å²) in [6, 6.07) is 7.35. The maximum Gasteiger partial charge on any atom is 0.326 e. The Morgan fingerprint density at radius 2 is 1.70 bits per heavy atom. The van der Waals surface area contributed by atoms with Crippen molar-refractivity contribution < 1.29 is 23.9 Å². The Morgan fingerprint density at radius 3 is 2.23 bits per heavy atom. The minimum atomic E-state index is -1.24. The van der Waals surface area contributed by atoms with Gasteiger partial charge in [-0.3, -0.25) is 9.59 Å². The normalized spacial score (nSPS) is 17.5. The molecule has 0 bridgehead atoms. The lowest BCUT2D eigenvalue weighted by Gasteiger charge is -2.55. The monoisotopic (exact) mass is 560 g/mol. The fourth-order valence-corrected chi connectivity index (χ4v) is 5.29. The van der Waals surface area contributed by atoms with Crippen LogP contribution in [-0.4, -0.2) is 91.3 Å². The van der Waals surface area contributed by atoms with E-state index in [0.717, 1.165) is 30.5 Å². The third kappa shape index (κ3) is 7.62. The first-order valence-corrected chi connectivity index (χ1v) is 14.8. The van der Waals surface area contributed by atoms with Crippen LogP contribution in [-0.2, 0) is 19.1 Å². The van der Waals surface area contributed by atoms with Gasteiger partial charge in [0.15, 0.2) is 6.23 Å². The molecule has 4 amide bonds. The summed E-state index contributed by atoms with van der Waals surface area (Å²) in [6.07, 6.45) is 1.80. The maximum atomic E-state index is 13.7. The van der Waals surface area contributed by atoms with Crippen LogP contribution >= 0.6 is 0 Å². The van der Waals surface area contributed by atoms with E-state index in [-0.39, 0.29) is 17.9 Å². The average molecular weight is 561 g/mol. The molecule has 1 aromatic carbocycles. The first kappa shape index (κ1) is 33.7. The van der Waals surface area contributed by atoms with Gasteiger partial charge in [-0.2, -0.15) is 0 Å². The molecule has 0 radical (unpaired) electrons. The average Bonchev–Trinajstić information content (AvgIpc) is 2.92. The van der Waals surface area contributed by atoms with Gasteiger partial charge in [0.1, 0.15) is 5.60 Å². The second-order valence-corrected chi connectivity index (χ2v) is 11.4. The van der Waals surface area contributed by atoms with Crippen molar-refractivity contribution >= 4 is 17.8 Å². The van der Waals surface area contributed by atoms with Crippen molar-refractivity contribution in [1.29, 1.82) is 0 Å². The second kappa shape index (κ2) is 14.9. The first-order chi connectivity index (χ1) is 18.9. The zero-order valence-electron chi connectivity index (χ0n) is 26.2. The summed E-state index contributed by atoms with van der Waals surface area (Å²) in [6.45, 7) is 16.5. The number of likely N-dealkylation sites (tertiary alicyclic amines) is 1. The van der Waals surface area contributed by atoms with E-state index in [4.69, 9.17) is 9.47 Å². The van der Waals surface area contributed by atoms with Crippen LogP contribution in [0.25, 0.3) is 0 Å². The highest BCUT2D eigenvalue weighted by Crippen LogP contribution is 2.47. The van der Waals surface area contributed by atoms with E-state index >= 15 is 0 Å². The molecular formula is C31H52N4O5. The molecular weight excluding hydrogens is 508 g/mol. The molecule has 1 heterocycles. The Hall–Kier alpha value is -2.49.